The summed E-state index contributed by atoms with van der Waals surface area (Å²) in [6.45, 7) is 4.86. The zero-order chi connectivity index (χ0) is 11.1. The quantitative estimate of drug-likeness (QED) is 0.522. The van der Waals surface area contributed by atoms with Gasteiger partial charge in [-0.25, -0.2) is 4.79 Å². The van der Waals surface area contributed by atoms with E-state index < -0.39 is 5.97 Å². The number of carbonyl (C=O) groups excluding carboxylic acids is 1. The van der Waals surface area contributed by atoms with Gasteiger partial charge in [-0.15, -0.1) is 0 Å². The fourth-order valence-electron chi connectivity index (χ4n) is 0.896. The summed E-state index contributed by atoms with van der Waals surface area (Å²) in [6.07, 6.45) is 0.919. The van der Waals surface area contributed by atoms with Crippen LogP contribution in [-0.2, 0) is 16.1 Å². The van der Waals surface area contributed by atoms with Crippen molar-refractivity contribution in [1.29, 1.82) is 0 Å². The van der Waals surface area contributed by atoms with E-state index in [1.165, 1.54) is 0 Å². The van der Waals surface area contributed by atoms with Gasteiger partial charge in [0.25, 0.3) is 0 Å². The molecule has 1 heterocycles. The van der Waals surface area contributed by atoms with E-state index in [9.17, 15) is 4.79 Å². The highest BCUT2D eigenvalue weighted by Crippen LogP contribution is 2.01. The molecule has 0 radical (unpaired) electrons. The van der Waals surface area contributed by atoms with Gasteiger partial charge in [-0.05, 0) is 13.3 Å². The summed E-state index contributed by atoms with van der Waals surface area (Å²) in [7, 11) is 0. The molecule has 0 saturated heterocycles. The number of rotatable bonds is 6. The van der Waals surface area contributed by atoms with E-state index in [1.807, 2.05) is 6.92 Å². The van der Waals surface area contributed by atoms with Crippen LogP contribution in [0.15, 0.2) is 4.52 Å². The van der Waals surface area contributed by atoms with Gasteiger partial charge in [-0.2, -0.15) is 4.98 Å². The van der Waals surface area contributed by atoms with E-state index >= 15 is 0 Å². The second-order valence-corrected chi connectivity index (χ2v) is 2.79. The Morgan fingerprint density at radius 1 is 1.47 bits per heavy atom. The Bertz CT molecular complexity index is 311. The third kappa shape index (κ3) is 3.67. The number of carbonyl (C=O) groups is 1. The first kappa shape index (κ1) is 11.6. The predicted molar refractivity (Wildman–Crippen MR) is 50.2 cm³/mol. The Hall–Kier alpha value is -1.43. The molecule has 0 aliphatic heterocycles. The van der Waals surface area contributed by atoms with Crippen molar-refractivity contribution in [2.24, 2.45) is 0 Å². The van der Waals surface area contributed by atoms with Gasteiger partial charge in [0.1, 0.15) is 6.61 Å². The van der Waals surface area contributed by atoms with Crippen molar-refractivity contribution >= 4 is 5.97 Å². The molecule has 6 nitrogen and oxygen atoms in total. The van der Waals surface area contributed by atoms with Crippen molar-refractivity contribution in [3.8, 4) is 0 Å². The molecule has 15 heavy (non-hydrogen) atoms. The van der Waals surface area contributed by atoms with Gasteiger partial charge in [-0.1, -0.05) is 12.1 Å². The monoisotopic (exact) mass is 214 g/mol. The Morgan fingerprint density at radius 3 is 2.93 bits per heavy atom. The van der Waals surface area contributed by atoms with Crippen LogP contribution >= 0.6 is 0 Å². The van der Waals surface area contributed by atoms with Crippen molar-refractivity contribution < 1.29 is 18.8 Å². The predicted octanol–water partition coefficient (Wildman–Crippen LogP) is 1.17. The van der Waals surface area contributed by atoms with Gasteiger partial charge in [0.2, 0.25) is 0 Å². The van der Waals surface area contributed by atoms with Gasteiger partial charge < -0.3 is 14.0 Å². The topological polar surface area (TPSA) is 74.5 Å². The summed E-state index contributed by atoms with van der Waals surface area (Å²) in [5, 5.41) is 3.58. The fourth-order valence-corrected chi connectivity index (χ4v) is 0.896. The average Bonchev–Trinajstić information content (AvgIpc) is 2.67. The maximum atomic E-state index is 11.1. The highest BCUT2D eigenvalue weighted by atomic mass is 16.6. The molecule has 1 aromatic heterocycles. The lowest BCUT2D eigenvalue weighted by molar-refractivity contribution is 0.0470. The van der Waals surface area contributed by atoms with Crippen LogP contribution in [0.1, 0.15) is 36.8 Å². The number of ether oxygens (including phenoxy) is 2. The molecule has 84 valence electrons. The second kappa shape index (κ2) is 6.13. The lowest BCUT2D eigenvalue weighted by Gasteiger charge is -1.95. The number of aromatic nitrogens is 2. The smallest absolute Gasteiger partial charge is 0.397 e. The van der Waals surface area contributed by atoms with Crippen LogP contribution in [0.25, 0.3) is 0 Å². The largest absolute Gasteiger partial charge is 0.459 e. The lowest BCUT2D eigenvalue weighted by Crippen LogP contribution is -2.05. The summed E-state index contributed by atoms with van der Waals surface area (Å²) >= 11 is 0. The summed E-state index contributed by atoms with van der Waals surface area (Å²) in [5.41, 5.74) is 0. The Morgan fingerprint density at radius 2 is 2.27 bits per heavy atom. The van der Waals surface area contributed by atoms with Crippen LogP contribution < -0.4 is 0 Å². The molecule has 0 aromatic carbocycles. The SMILES string of the molecule is CCCOCc1noc(C(=O)OCC)n1. The first-order valence-corrected chi connectivity index (χ1v) is 4.85. The van der Waals surface area contributed by atoms with Crippen LogP contribution in [0.2, 0.25) is 0 Å². The first-order valence-electron chi connectivity index (χ1n) is 4.85. The van der Waals surface area contributed by atoms with Gasteiger partial charge in [-0.3, -0.25) is 0 Å². The van der Waals surface area contributed by atoms with E-state index in [4.69, 9.17) is 14.0 Å². The Kier molecular flexibility index (Phi) is 4.76. The highest BCUT2D eigenvalue weighted by molar-refractivity contribution is 5.83. The fraction of sp³-hybridized carbons (Fsp3) is 0.667. The van der Waals surface area contributed by atoms with E-state index in [-0.39, 0.29) is 19.1 Å². The molecule has 0 aliphatic carbocycles. The molecule has 1 aromatic rings. The van der Waals surface area contributed by atoms with E-state index in [0.717, 1.165) is 6.42 Å². The minimum absolute atomic E-state index is 0.132. The molecule has 0 unspecified atom stereocenters. The van der Waals surface area contributed by atoms with Crippen LogP contribution in [-0.4, -0.2) is 29.3 Å². The highest BCUT2D eigenvalue weighted by Gasteiger charge is 2.15. The standard InChI is InChI=1S/C9H14N2O4/c1-3-5-13-6-7-10-8(15-11-7)9(12)14-4-2/h3-6H2,1-2H3. The summed E-state index contributed by atoms with van der Waals surface area (Å²) in [6, 6.07) is 0. The van der Waals surface area contributed by atoms with Crippen molar-refractivity contribution in [3.63, 3.8) is 0 Å². The molecule has 0 aliphatic rings. The number of hydrogen-bond donors (Lipinski definition) is 0. The third-order valence-electron chi connectivity index (χ3n) is 1.50. The number of nitrogens with zero attached hydrogens (tertiary/aromatic N) is 2. The average molecular weight is 214 g/mol. The number of esters is 1. The third-order valence-corrected chi connectivity index (χ3v) is 1.50. The molecule has 0 N–H and O–H groups in total. The van der Waals surface area contributed by atoms with Crippen LogP contribution in [0.5, 0.6) is 0 Å². The molecule has 0 fully saturated rings. The summed E-state index contributed by atoms with van der Waals surface area (Å²) < 4.78 is 14.6. The van der Waals surface area contributed by atoms with Gasteiger partial charge in [0, 0.05) is 6.61 Å². The van der Waals surface area contributed by atoms with Crippen molar-refractivity contribution in [1.82, 2.24) is 10.1 Å². The van der Waals surface area contributed by atoms with Gasteiger partial charge in [0.15, 0.2) is 5.82 Å². The molecule has 0 atom stereocenters. The molecule has 1 rings (SSSR count). The maximum absolute atomic E-state index is 11.1. The van der Waals surface area contributed by atoms with Crippen molar-refractivity contribution in [2.45, 2.75) is 26.9 Å². The Labute approximate surface area is 87.6 Å². The minimum atomic E-state index is -0.605. The zero-order valence-corrected chi connectivity index (χ0v) is 8.86. The maximum Gasteiger partial charge on any atom is 0.397 e. The minimum Gasteiger partial charge on any atom is -0.459 e. The molecule has 0 amide bonds. The Balaban J connectivity index is 2.45. The van der Waals surface area contributed by atoms with E-state index in [2.05, 4.69) is 10.1 Å². The summed E-state index contributed by atoms with van der Waals surface area (Å²) in [4.78, 5) is 15.0. The van der Waals surface area contributed by atoms with Crippen LogP contribution in [0, 0.1) is 0 Å². The molecule has 0 bridgehead atoms. The van der Waals surface area contributed by atoms with Crippen LogP contribution in [0.4, 0.5) is 0 Å². The van der Waals surface area contributed by atoms with Crippen molar-refractivity contribution in [2.75, 3.05) is 13.2 Å². The molecular weight excluding hydrogens is 200 g/mol. The molecule has 0 saturated carbocycles. The van der Waals surface area contributed by atoms with E-state index in [0.29, 0.717) is 12.4 Å². The molecule has 0 spiro atoms. The lowest BCUT2D eigenvalue weighted by atomic mass is 10.5. The number of hydrogen-bond acceptors (Lipinski definition) is 6. The van der Waals surface area contributed by atoms with E-state index in [1.54, 1.807) is 6.92 Å². The molecule has 6 heteroatoms. The first-order chi connectivity index (χ1) is 7.27. The van der Waals surface area contributed by atoms with Gasteiger partial charge in [0.05, 0.1) is 6.61 Å². The van der Waals surface area contributed by atoms with Crippen LogP contribution in [0.3, 0.4) is 0 Å². The second-order valence-electron chi connectivity index (χ2n) is 2.79. The summed E-state index contributed by atoms with van der Waals surface area (Å²) in [5.74, 6) is -0.384. The normalized spacial score (nSPS) is 10.3. The van der Waals surface area contributed by atoms with Crippen molar-refractivity contribution in [3.05, 3.63) is 11.7 Å². The van der Waals surface area contributed by atoms with Gasteiger partial charge >= 0.3 is 11.9 Å². The molecular formula is C9H14N2O4. The zero-order valence-electron chi connectivity index (χ0n) is 8.86.